The lowest BCUT2D eigenvalue weighted by Crippen LogP contribution is -2.41. The average Bonchev–Trinajstić information content (AvgIpc) is 2.74. The maximum atomic E-state index is 11.7. The number of nitrogens with one attached hydrogen (secondary N) is 2. The van der Waals surface area contributed by atoms with E-state index in [2.05, 4.69) is 26.6 Å². The van der Waals surface area contributed by atoms with Crippen LogP contribution in [-0.4, -0.2) is 31.7 Å². The van der Waals surface area contributed by atoms with Crippen molar-refractivity contribution < 1.29 is 9.53 Å². The zero-order valence-electron chi connectivity index (χ0n) is 9.78. The largest absolute Gasteiger partial charge is 0.375 e. The lowest BCUT2D eigenvalue weighted by Gasteiger charge is -2.22. The third-order valence-electron chi connectivity index (χ3n) is 2.50. The second-order valence-electron chi connectivity index (χ2n) is 3.91. The summed E-state index contributed by atoms with van der Waals surface area (Å²) in [5, 5.41) is 8.12. The second-order valence-corrected chi connectivity index (χ2v) is 5.82. The van der Waals surface area contributed by atoms with Gasteiger partial charge in [0.15, 0.2) is 0 Å². The first-order valence-electron chi connectivity index (χ1n) is 5.56. The Hall–Kier alpha value is -0.140. The van der Waals surface area contributed by atoms with Crippen molar-refractivity contribution in [3.8, 4) is 0 Å². The van der Waals surface area contributed by atoms with E-state index in [4.69, 9.17) is 4.74 Å². The van der Waals surface area contributed by atoms with Gasteiger partial charge in [-0.3, -0.25) is 4.79 Å². The lowest BCUT2D eigenvalue weighted by molar-refractivity contribution is -0.124. The van der Waals surface area contributed by atoms with Crippen LogP contribution in [0.25, 0.3) is 0 Å². The van der Waals surface area contributed by atoms with E-state index >= 15 is 0 Å². The van der Waals surface area contributed by atoms with Crippen molar-refractivity contribution in [1.29, 1.82) is 0 Å². The van der Waals surface area contributed by atoms with Gasteiger partial charge in [0, 0.05) is 27.8 Å². The third-order valence-corrected chi connectivity index (χ3v) is 4.20. The molecule has 0 radical (unpaired) electrons. The van der Waals surface area contributed by atoms with Gasteiger partial charge in [-0.05, 0) is 22.0 Å². The molecule has 0 aliphatic carbocycles. The van der Waals surface area contributed by atoms with E-state index in [-0.39, 0.29) is 24.4 Å². The zero-order chi connectivity index (χ0) is 12.1. The van der Waals surface area contributed by atoms with Gasteiger partial charge in [0.25, 0.3) is 0 Å². The summed E-state index contributed by atoms with van der Waals surface area (Å²) in [5.74, 6) is 0.0447. The maximum Gasteiger partial charge on any atom is 0.222 e. The van der Waals surface area contributed by atoms with E-state index < -0.39 is 0 Å². The molecule has 0 bridgehead atoms. The van der Waals surface area contributed by atoms with Crippen molar-refractivity contribution in [2.24, 2.45) is 0 Å². The number of carbonyl (C=O) groups excluding carboxylic acids is 1. The number of ether oxygens (including phenoxy) is 1. The van der Waals surface area contributed by atoms with Crippen molar-refractivity contribution in [2.75, 3.05) is 19.7 Å². The summed E-state index contributed by atoms with van der Waals surface area (Å²) in [7, 11) is 0. The molecule has 1 unspecified atom stereocenters. The first kappa shape index (κ1) is 15.9. The van der Waals surface area contributed by atoms with Crippen molar-refractivity contribution >= 4 is 45.6 Å². The quantitative estimate of drug-likeness (QED) is 0.868. The smallest absolute Gasteiger partial charge is 0.222 e. The summed E-state index contributed by atoms with van der Waals surface area (Å²) in [6, 6.07) is 2.02. The Morgan fingerprint density at radius 3 is 3.11 bits per heavy atom. The first-order chi connectivity index (χ1) is 8.24. The fourth-order valence-electron chi connectivity index (χ4n) is 1.66. The molecule has 2 N–H and O–H groups in total. The minimum Gasteiger partial charge on any atom is -0.375 e. The van der Waals surface area contributed by atoms with Gasteiger partial charge >= 0.3 is 0 Å². The highest BCUT2D eigenvalue weighted by Gasteiger charge is 2.16. The van der Waals surface area contributed by atoms with E-state index in [1.54, 1.807) is 11.3 Å². The fraction of sp³-hybridized carbons (Fsp3) is 0.545. The molecule has 0 aromatic carbocycles. The summed E-state index contributed by atoms with van der Waals surface area (Å²) in [5.41, 5.74) is 0. The van der Waals surface area contributed by atoms with Crippen LogP contribution in [0, 0.1) is 0 Å². The Balaban J connectivity index is 0.00000162. The topological polar surface area (TPSA) is 50.4 Å². The molecule has 2 heterocycles. The highest BCUT2D eigenvalue weighted by atomic mass is 79.9. The average molecular weight is 356 g/mol. The van der Waals surface area contributed by atoms with Gasteiger partial charge in [-0.1, -0.05) is 0 Å². The maximum absolute atomic E-state index is 11.7. The van der Waals surface area contributed by atoms with Crippen LogP contribution >= 0.6 is 39.7 Å². The Morgan fingerprint density at radius 2 is 2.50 bits per heavy atom. The number of thiophene rings is 1. The summed E-state index contributed by atoms with van der Waals surface area (Å²) < 4.78 is 6.54. The van der Waals surface area contributed by atoms with E-state index in [1.807, 2.05) is 11.4 Å². The van der Waals surface area contributed by atoms with Crippen LogP contribution in [0.3, 0.4) is 0 Å². The van der Waals surface area contributed by atoms with Crippen LogP contribution in [0.1, 0.15) is 11.3 Å². The van der Waals surface area contributed by atoms with Crippen molar-refractivity contribution in [1.82, 2.24) is 10.6 Å². The number of amides is 1. The highest BCUT2D eigenvalue weighted by Crippen LogP contribution is 2.19. The predicted molar refractivity (Wildman–Crippen MR) is 78.3 cm³/mol. The molecule has 0 saturated carbocycles. The molecule has 4 nitrogen and oxygen atoms in total. The molecular formula is C11H16BrClN2O2S. The van der Waals surface area contributed by atoms with Crippen LogP contribution in [0.15, 0.2) is 15.9 Å². The van der Waals surface area contributed by atoms with Crippen LogP contribution in [0.4, 0.5) is 0 Å². The monoisotopic (exact) mass is 354 g/mol. The molecule has 1 fully saturated rings. The SMILES string of the molecule is Cl.O=C(CC1CNCCO1)NCc1cc(Br)cs1. The second kappa shape index (κ2) is 8.12. The highest BCUT2D eigenvalue weighted by molar-refractivity contribution is 9.10. The minimum atomic E-state index is 0. The molecule has 18 heavy (non-hydrogen) atoms. The van der Waals surface area contributed by atoms with Crippen LogP contribution < -0.4 is 10.6 Å². The molecular weight excluding hydrogens is 340 g/mol. The molecule has 1 aromatic heterocycles. The summed E-state index contributed by atoms with van der Waals surface area (Å²) in [4.78, 5) is 12.8. The number of hydrogen-bond donors (Lipinski definition) is 2. The van der Waals surface area contributed by atoms with Crippen molar-refractivity contribution in [3.05, 3.63) is 20.8 Å². The third kappa shape index (κ3) is 5.24. The Labute approximate surface area is 125 Å². The van der Waals surface area contributed by atoms with Gasteiger partial charge in [0.2, 0.25) is 5.91 Å². The zero-order valence-corrected chi connectivity index (χ0v) is 13.0. The van der Waals surface area contributed by atoms with E-state index in [1.165, 1.54) is 0 Å². The molecule has 1 aromatic rings. The van der Waals surface area contributed by atoms with Gasteiger partial charge in [0.1, 0.15) is 0 Å². The number of rotatable bonds is 4. The molecule has 1 aliphatic heterocycles. The van der Waals surface area contributed by atoms with Crippen molar-refractivity contribution in [3.63, 3.8) is 0 Å². The Bertz CT molecular complexity index is 383. The number of carbonyl (C=O) groups is 1. The van der Waals surface area contributed by atoms with Gasteiger partial charge in [-0.25, -0.2) is 0 Å². The van der Waals surface area contributed by atoms with Crippen LogP contribution in [0.5, 0.6) is 0 Å². The lowest BCUT2D eigenvalue weighted by atomic mass is 10.2. The summed E-state index contributed by atoms with van der Waals surface area (Å²) in [6.45, 7) is 2.92. The predicted octanol–water partition coefficient (Wildman–Crippen LogP) is 1.93. The van der Waals surface area contributed by atoms with E-state index in [0.29, 0.717) is 19.6 Å². The standard InChI is InChI=1S/C11H15BrN2O2S.ClH/c12-8-3-10(17-7-8)6-14-11(15)4-9-5-13-1-2-16-9;/h3,7,9,13H,1-2,4-6H2,(H,14,15);1H. The van der Waals surface area contributed by atoms with Gasteiger partial charge in [-0.15, -0.1) is 23.7 Å². The molecule has 7 heteroatoms. The van der Waals surface area contributed by atoms with Crippen LogP contribution in [0.2, 0.25) is 0 Å². The summed E-state index contributed by atoms with van der Waals surface area (Å²) >= 11 is 5.02. The molecule has 1 saturated heterocycles. The summed E-state index contributed by atoms with van der Waals surface area (Å²) in [6.07, 6.45) is 0.443. The molecule has 2 rings (SSSR count). The van der Waals surface area contributed by atoms with Crippen LogP contribution in [-0.2, 0) is 16.1 Å². The number of halogens is 2. The normalized spacial score (nSPS) is 19.1. The minimum absolute atomic E-state index is 0. The molecule has 102 valence electrons. The van der Waals surface area contributed by atoms with Gasteiger partial charge in [0.05, 0.1) is 25.7 Å². The first-order valence-corrected chi connectivity index (χ1v) is 7.23. The van der Waals surface area contributed by atoms with Crippen molar-refractivity contribution in [2.45, 2.75) is 19.1 Å². The Kier molecular flexibility index (Phi) is 7.18. The molecule has 1 atom stereocenters. The Morgan fingerprint density at radius 1 is 1.67 bits per heavy atom. The van der Waals surface area contributed by atoms with Gasteiger partial charge in [-0.2, -0.15) is 0 Å². The number of hydrogen-bond acceptors (Lipinski definition) is 4. The molecule has 1 aliphatic rings. The molecule has 0 spiro atoms. The number of morpholine rings is 1. The van der Waals surface area contributed by atoms with Gasteiger partial charge < -0.3 is 15.4 Å². The van der Waals surface area contributed by atoms with E-state index in [0.717, 1.165) is 22.4 Å². The molecule has 1 amide bonds. The van der Waals surface area contributed by atoms with E-state index in [9.17, 15) is 4.79 Å². The fourth-order valence-corrected chi connectivity index (χ4v) is 3.05.